The highest BCUT2D eigenvalue weighted by atomic mass is 31.2. The lowest BCUT2D eigenvalue weighted by molar-refractivity contribution is -0.161. The van der Waals surface area contributed by atoms with Crippen LogP contribution < -0.4 is 0 Å². The molecule has 12 heteroatoms. The summed E-state index contributed by atoms with van der Waals surface area (Å²) in [6.07, 6.45) is 66.7. The molecule has 0 rings (SSSR count). The topological polar surface area (TPSA) is 155 Å². The van der Waals surface area contributed by atoms with Crippen molar-refractivity contribution in [1.82, 2.24) is 0 Å². The summed E-state index contributed by atoms with van der Waals surface area (Å²) in [6, 6.07) is 0. The normalized spacial score (nSPS) is 13.9. The van der Waals surface area contributed by atoms with E-state index in [1.165, 1.54) is 57.8 Å². The Labute approximate surface area is 464 Å². The highest BCUT2D eigenvalue weighted by molar-refractivity contribution is 7.47. The molecule has 438 valence electrons. The number of aliphatic hydroxyl groups is 1. The lowest BCUT2D eigenvalue weighted by atomic mass is 10.1. The van der Waals surface area contributed by atoms with Gasteiger partial charge in [0.1, 0.15) is 12.7 Å². The summed E-state index contributed by atoms with van der Waals surface area (Å²) in [5, 5.41) is 9.83. The second-order valence-electron chi connectivity index (χ2n) is 20.1. The van der Waals surface area contributed by atoms with Crippen LogP contribution in [-0.2, 0) is 42.2 Å². The zero-order valence-electron chi connectivity index (χ0n) is 48.5. The van der Waals surface area contributed by atoms with Gasteiger partial charge >= 0.3 is 25.7 Å². The lowest BCUT2D eigenvalue weighted by Crippen LogP contribution is -2.30. The van der Waals surface area contributed by atoms with Gasteiger partial charge in [-0.3, -0.25) is 23.4 Å². The van der Waals surface area contributed by atoms with Crippen molar-refractivity contribution in [2.45, 2.75) is 277 Å². The molecule has 0 spiro atoms. The quantitative estimate of drug-likeness (QED) is 0.0197. The summed E-state index contributed by atoms with van der Waals surface area (Å²) >= 11 is 0. The first-order valence-electron chi connectivity index (χ1n) is 30.5. The van der Waals surface area contributed by atoms with Crippen LogP contribution in [0.1, 0.15) is 265 Å². The maximum atomic E-state index is 12.9. The zero-order valence-corrected chi connectivity index (χ0v) is 49.3. The van der Waals surface area contributed by atoms with Crippen LogP contribution in [0, 0.1) is 0 Å². The van der Waals surface area contributed by atoms with E-state index >= 15 is 0 Å². The summed E-state index contributed by atoms with van der Waals surface area (Å²) < 4.78 is 39.6. The Hall–Kier alpha value is -3.34. The molecule has 0 aliphatic carbocycles. The van der Waals surface area contributed by atoms with Crippen LogP contribution in [0.5, 0.6) is 0 Å². The first kappa shape index (κ1) is 72.7. The molecule has 0 aliphatic heterocycles. The molecule has 3 atom stereocenters. The maximum Gasteiger partial charge on any atom is 0.472 e. The fourth-order valence-electron chi connectivity index (χ4n) is 8.14. The molecule has 0 heterocycles. The van der Waals surface area contributed by atoms with Gasteiger partial charge in [0, 0.05) is 19.3 Å². The van der Waals surface area contributed by atoms with Crippen LogP contribution in [0.15, 0.2) is 85.1 Å². The number of carbonyl (C=O) groups excluding carboxylic acids is 3. The molecule has 0 aromatic rings. The molecular formula is C64H111O11P. The van der Waals surface area contributed by atoms with Gasteiger partial charge < -0.3 is 24.2 Å². The van der Waals surface area contributed by atoms with E-state index < -0.39 is 57.8 Å². The Balaban J connectivity index is 4.77. The molecule has 0 saturated carbocycles. The van der Waals surface area contributed by atoms with Crippen molar-refractivity contribution in [3.8, 4) is 0 Å². The van der Waals surface area contributed by atoms with Gasteiger partial charge in [0.2, 0.25) is 0 Å². The number of allylic oxidation sites excluding steroid dienone is 14. The van der Waals surface area contributed by atoms with Crippen molar-refractivity contribution in [2.24, 2.45) is 0 Å². The van der Waals surface area contributed by atoms with Gasteiger partial charge in [0.15, 0.2) is 6.10 Å². The predicted molar refractivity (Wildman–Crippen MR) is 316 cm³/mol. The summed E-state index contributed by atoms with van der Waals surface area (Å²) in [5.74, 6) is -1.50. The van der Waals surface area contributed by atoms with E-state index in [2.05, 4.69) is 106 Å². The fourth-order valence-corrected chi connectivity index (χ4v) is 8.92. The second-order valence-corrected chi connectivity index (χ2v) is 21.6. The summed E-state index contributed by atoms with van der Waals surface area (Å²) in [5.41, 5.74) is 0. The van der Waals surface area contributed by atoms with Crippen molar-refractivity contribution in [1.29, 1.82) is 0 Å². The van der Waals surface area contributed by atoms with E-state index in [4.69, 9.17) is 23.3 Å². The van der Waals surface area contributed by atoms with E-state index in [1.54, 1.807) is 0 Å². The third-order valence-electron chi connectivity index (χ3n) is 12.8. The summed E-state index contributed by atoms with van der Waals surface area (Å²) in [6.45, 7) is 4.48. The Morgan fingerprint density at radius 1 is 0.382 bits per heavy atom. The van der Waals surface area contributed by atoms with Crippen LogP contribution in [0.4, 0.5) is 0 Å². The van der Waals surface area contributed by atoms with Crippen LogP contribution in [0.2, 0.25) is 0 Å². The highest BCUT2D eigenvalue weighted by Gasteiger charge is 2.28. The van der Waals surface area contributed by atoms with E-state index in [-0.39, 0.29) is 25.9 Å². The maximum absolute atomic E-state index is 12.9. The van der Waals surface area contributed by atoms with Crippen molar-refractivity contribution in [3.05, 3.63) is 85.1 Å². The largest absolute Gasteiger partial charge is 0.472 e. The monoisotopic (exact) mass is 1090 g/mol. The number of phosphoric acid groups is 1. The van der Waals surface area contributed by atoms with Gasteiger partial charge in [-0.2, -0.15) is 0 Å². The Morgan fingerprint density at radius 3 is 1.09 bits per heavy atom. The molecule has 11 nitrogen and oxygen atoms in total. The minimum atomic E-state index is -4.76. The number of aliphatic hydroxyl groups excluding tert-OH is 1. The highest BCUT2D eigenvalue weighted by Crippen LogP contribution is 2.43. The van der Waals surface area contributed by atoms with Gasteiger partial charge in [0.05, 0.1) is 19.8 Å². The van der Waals surface area contributed by atoms with Crippen molar-refractivity contribution >= 4 is 25.7 Å². The Bertz CT molecular complexity index is 1600. The second kappa shape index (κ2) is 57.8. The number of carbonyl (C=O) groups is 3. The minimum absolute atomic E-state index is 0.145. The Kier molecular flexibility index (Phi) is 55.3. The third kappa shape index (κ3) is 55.4. The number of ether oxygens (including phenoxy) is 3. The third-order valence-corrected chi connectivity index (χ3v) is 13.7. The van der Waals surface area contributed by atoms with E-state index in [0.717, 1.165) is 148 Å². The first-order chi connectivity index (χ1) is 37.2. The number of esters is 3. The summed E-state index contributed by atoms with van der Waals surface area (Å²) in [4.78, 5) is 48.6. The number of unbranched alkanes of at least 4 members (excludes halogenated alkanes) is 25. The molecule has 3 unspecified atom stereocenters. The van der Waals surface area contributed by atoms with Crippen LogP contribution in [0.25, 0.3) is 0 Å². The number of hydrogen-bond donors (Lipinski definition) is 2. The van der Waals surface area contributed by atoms with Crippen LogP contribution in [-0.4, -0.2) is 66.5 Å². The molecule has 0 amide bonds. The molecular weight excluding hydrogens is 976 g/mol. The molecule has 0 radical (unpaired) electrons. The average Bonchev–Trinajstić information content (AvgIpc) is 3.41. The molecule has 0 bridgehead atoms. The van der Waals surface area contributed by atoms with Gasteiger partial charge in [-0.25, -0.2) is 4.57 Å². The molecule has 2 N–H and O–H groups in total. The Morgan fingerprint density at radius 2 is 0.684 bits per heavy atom. The molecule has 0 aromatic carbocycles. The zero-order chi connectivity index (χ0) is 55.5. The van der Waals surface area contributed by atoms with Crippen molar-refractivity contribution in [2.75, 3.05) is 26.4 Å². The average molecular weight is 1090 g/mol. The molecule has 0 fully saturated rings. The van der Waals surface area contributed by atoms with Gasteiger partial charge in [-0.05, 0) is 116 Å². The van der Waals surface area contributed by atoms with Crippen LogP contribution >= 0.6 is 7.82 Å². The number of hydrogen-bond acceptors (Lipinski definition) is 10. The number of phosphoric ester groups is 1. The van der Waals surface area contributed by atoms with Crippen molar-refractivity contribution < 1.29 is 52.2 Å². The fraction of sp³-hybridized carbons (Fsp3) is 0.734. The molecule has 76 heavy (non-hydrogen) atoms. The predicted octanol–water partition coefficient (Wildman–Crippen LogP) is 18.3. The SMILES string of the molecule is CC/C=C\C/C=C\C/C=C\C/C=C\CCCCCCCCC(=O)OC(COC(=O)CCCCCCC/C=C\C/C=C\CCCCC)COP(=O)(O)OCC(CO)OC(=O)CCCCCCC/C=C\CCCCCCCC. The molecule has 0 aliphatic rings. The van der Waals surface area contributed by atoms with Gasteiger partial charge in [-0.15, -0.1) is 0 Å². The standard InChI is InChI=1S/C64H111O11P/c1-4-7-10-13-16-19-22-25-28-29-30-31-34-37-40-43-46-49-52-55-64(68)75-61(57-71-62(66)53-50-47-44-41-38-35-32-26-23-20-17-14-11-8-5-2)59-73-76(69,70)72-58-60(56-65)74-63(67)54-51-48-45-42-39-36-33-27-24-21-18-15-12-9-6-3/h7,10,16-17,19-20,25-28,30-33,60-61,65H,4-6,8-9,11-15,18,21-24,29,34-59H2,1-3H3,(H,69,70)/b10-7-,19-16-,20-17-,28-25-,31-30-,32-26-,33-27-. The van der Waals surface area contributed by atoms with E-state index in [1.807, 2.05) is 0 Å². The summed E-state index contributed by atoms with van der Waals surface area (Å²) in [7, 11) is -4.76. The first-order valence-corrected chi connectivity index (χ1v) is 32.0. The van der Waals surface area contributed by atoms with E-state index in [0.29, 0.717) is 19.3 Å². The van der Waals surface area contributed by atoms with E-state index in [9.17, 15) is 28.9 Å². The van der Waals surface area contributed by atoms with Crippen molar-refractivity contribution in [3.63, 3.8) is 0 Å². The number of rotatable bonds is 56. The molecule has 0 aromatic heterocycles. The van der Waals surface area contributed by atoms with Gasteiger partial charge in [0.25, 0.3) is 0 Å². The smallest absolute Gasteiger partial charge is 0.462 e. The van der Waals surface area contributed by atoms with Gasteiger partial charge in [-0.1, -0.05) is 215 Å². The van der Waals surface area contributed by atoms with Crippen LogP contribution in [0.3, 0.4) is 0 Å². The minimum Gasteiger partial charge on any atom is -0.462 e. The molecule has 0 saturated heterocycles. The lowest BCUT2D eigenvalue weighted by Gasteiger charge is -2.21.